The molecule has 26 heavy (non-hydrogen) atoms. The van der Waals surface area contributed by atoms with Gasteiger partial charge in [0, 0.05) is 44.2 Å². The van der Waals surface area contributed by atoms with E-state index >= 15 is 0 Å². The number of carbonyl (C=O) groups excluding carboxylic acids is 1. The number of carbonyl (C=O) groups is 1. The van der Waals surface area contributed by atoms with Crippen molar-refractivity contribution in [2.24, 2.45) is 5.92 Å². The quantitative estimate of drug-likeness (QED) is 0.736. The van der Waals surface area contributed by atoms with Crippen LogP contribution in [0.4, 0.5) is 4.79 Å². The van der Waals surface area contributed by atoms with Crippen LogP contribution >= 0.6 is 0 Å². The molecule has 7 heteroatoms. The second kappa shape index (κ2) is 8.60. The highest BCUT2D eigenvalue weighted by molar-refractivity contribution is 5.74. The molecule has 0 aromatic heterocycles. The van der Waals surface area contributed by atoms with Crippen molar-refractivity contribution in [3.63, 3.8) is 0 Å². The third-order valence-electron chi connectivity index (χ3n) is 5.37. The van der Waals surface area contributed by atoms with Gasteiger partial charge in [-0.3, -0.25) is 4.90 Å². The normalized spacial score (nSPS) is 23.8. The van der Waals surface area contributed by atoms with Crippen LogP contribution in [0.15, 0.2) is 18.2 Å². The van der Waals surface area contributed by atoms with Crippen LogP contribution in [0, 0.1) is 5.92 Å². The lowest BCUT2D eigenvalue weighted by Gasteiger charge is -2.36. The second-order valence-electron chi connectivity index (χ2n) is 7.23. The van der Waals surface area contributed by atoms with Crippen LogP contribution in [0.3, 0.4) is 0 Å². The van der Waals surface area contributed by atoms with E-state index in [0.29, 0.717) is 19.6 Å². The molecule has 3 rings (SSSR count). The zero-order chi connectivity index (χ0) is 18.5. The Morgan fingerprint density at radius 1 is 1.31 bits per heavy atom. The fraction of sp³-hybridized carbons (Fsp3) is 0.632. The molecule has 2 aliphatic rings. The molecule has 2 fully saturated rings. The Hall–Kier alpha value is -1.99. The summed E-state index contributed by atoms with van der Waals surface area (Å²) >= 11 is 0. The molecule has 0 saturated carbocycles. The Morgan fingerprint density at radius 2 is 2.08 bits per heavy atom. The third-order valence-corrected chi connectivity index (χ3v) is 5.37. The van der Waals surface area contributed by atoms with Crippen LogP contribution in [0.2, 0.25) is 0 Å². The van der Waals surface area contributed by atoms with Gasteiger partial charge in [-0.15, -0.1) is 0 Å². The number of urea groups is 1. The maximum atomic E-state index is 12.1. The summed E-state index contributed by atoms with van der Waals surface area (Å²) in [6, 6.07) is 5.04. The Balaban J connectivity index is 1.49. The summed E-state index contributed by atoms with van der Waals surface area (Å²) in [5.41, 5.74) is 0.903. The summed E-state index contributed by atoms with van der Waals surface area (Å²) in [5, 5.41) is 23.2. The molecular weight excluding hydrogens is 334 g/mol. The number of piperidine rings is 1. The summed E-state index contributed by atoms with van der Waals surface area (Å²) in [6.45, 7) is 4.17. The van der Waals surface area contributed by atoms with E-state index in [0.717, 1.165) is 50.2 Å². The topological polar surface area (TPSA) is 85.3 Å². The molecule has 144 valence electrons. The van der Waals surface area contributed by atoms with Crippen LogP contribution in [0.25, 0.3) is 0 Å². The first-order valence-corrected chi connectivity index (χ1v) is 9.36. The summed E-state index contributed by atoms with van der Waals surface area (Å²) in [6.07, 6.45) is 2.49. The van der Waals surface area contributed by atoms with Gasteiger partial charge < -0.3 is 25.2 Å². The first-order chi connectivity index (χ1) is 12.6. The molecule has 2 amide bonds. The lowest BCUT2D eigenvalue weighted by Crippen LogP contribution is -2.48. The highest BCUT2D eigenvalue weighted by Gasteiger charge is 2.29. The van der Waals surface area contributed by atoms with Crippen molar-refractivity contribution < 1.29 is 19.7 Å². The number of ether oxygens (including phenoxy) is 1. The van der Waals surface area contributed by atoms with Crippen molar-refractivity contribution in [2.75, 3.05) is 39.8 Å². The number of aromatic hydroxyl groups is 1. The van der Waals surface area contributed by atoms with Crippen molar-refractivity contribution in [1.29, 1.82) is 0 Å². The largest absolute Gasteiger partial charge is 0.508 e. The van der Waals surface area contributed by atoms with Crippen molar-refractivity contribution in [1.82, 2.24) is 15.1 Å². The molecule has 0 aliphatic carbocycles. The van der Waals surface area contributed by atoms with E-state index in [2.05, 4.69) is 10.2 Å². The van der Waals surface area contributed by atoms with E-state index < -0.39 is 6.10 Å². The summed E-state index contributed by atoms with van der Waals surface area (Å²) in [7, 11) is 1.61. The monoisotopic (exact) mass is 363 g/mol. The van der Waals surface area contributed by atoms with E-state index in [-0.39, 0.29) is 17.7 Å². The van der Waals surface area contributed by atoms with E-state index in [1.165, 1.54) is 0 Å². The number of hydrogen-bond donors (Lipinski definition) is 3. The average Bonchev–Trinajstić information content (AvgIpc) is 3.16. The number of nitrogens with zero attached hydrogens (tertiary/aromatic N) is 2. The third kappa shape index (κ3) is 4.59. The first kappa shape index (κ1) is 18.8. The molecule has 7 nitrogen and oxygen atoms in total. The zero-order valence-electron chi connectivity index (χ0n) is 15.4. The number of phenols is 1. The van der Waals surface area contributed by atoms with Gasteiger partial charge in [0.2, 0.25) is 0 Å². The van der Waals surface area contributed by atoms with Crippen LogP contribution in [-0.2, 0) is 6.54 Å². The first-order valence-electron chi connectivity index (χ1n) is 9.36. The minimum absolute atomic E-state index is 0.0124. The smallest absolute Gasteiger partial charge is 0.317 e. The van der Waals surface area contributed by atoms with E-state index in [1.807, 2.05) is 4.90 Å². The molecule has 0 radical (unpaired) electrons. The molecule has 0 unspecified atom stereocenters. The van der Waals surface area contributed by atoms with Gasteiger partial charge in [0.1, 0.15) is 11.5 Å². The SMILES string of the molecule is COc1ccc(O)cc1CN1CC[C@H](CNC(=O)N2CCCC2)[C@@H](O)C1. The highest BCUT2D eigenvalue weighted by atomic mass is 16.5. The van der Waals surface area contributed by atoms with Crippen LogP contribution in [-0.4, -0.2) is 72.0 Å². The van der Waals surface area contributed by atoms with Gasteiger partial charge in [-0.1, -0.05) is 0 Å². The van der Waals surface area contributed by atoms with Crippen LogP contribution in [0.5, 0.6) is 11.5 Å². The fourth-order valence-electron chi connectivity index (χ4n) is 3.81. The number of β-amino-alcohol motifs (C(OH)–C–C–N with tert-alkyl or cyclic N) is 1. The Kier molecular flexibility index (Phi) is 6.21. The minimum atomic E-state index is -0.481. The van der Waals surface area contributed by atoms with Gasteiger partial charge in [-0.25, -0.2) is 4.79 Å². The van der Waals surface area contributed by atoms with Crippen LogP contribution < -0.4 is 10.1 Å². The van der Waals surface area contributed by atoms with Crippen molar-refractivity contribution >= 4 is 6.03 Å². The number of methoxy groups -OCH3 is 1. The molecule has 0 spiro atoms. The Morgan fingerprint density at radius 3 is 2.77 bits per heavy atom. The van der Waals surface area contributed by atoms with Gasteiger partial charge in [0.15, 0.2) is 0 Å². The molecule has 2 heterocycles. The van der Waals surface area contributed by atoms with Gasteiger partial charge in [-0.2, -0.15) is 0 Å². The molecule has 1 aromatic carbocycles. The maximum Gasteiger partial charge on any atom is 0.317 e. The molecular formula is C19H29N3O4. The van der Waals surface area contributed by atoms with Gasteiger partial charge in [0.05, 0.1) is 13.2 Å². The lowest BCUT2D eigenvalue weighted by molar-refractivity contribution is 0.0193. The van der Waals surface area contributed by atoms with Gasteiger partial charge in [0.25, 0.3) is 0 Å². The van der Waals surface area contributed by atoms with Gasteiger partial charge in [-0.05, 0) is 44.0 Å². The fourth-order valence-corrected chi connectivity index (χ4v) is 3.81. The Labute approximate surface area is 154 Å². The van der Waals surface area contributed by atoms with Crippen LogP contribution in [0.1, 0.15) is 24.8 Å². The number of nitrogens with one attached hydrogen (secondary N) is 1. The molecule has 2 aliphatic heterocycles. The molecule has 2 atom stereocenters. The predicted octanol–water partition coefficient (Wildman–Crippen LogP) is 1.39. The number of rotatable bonds is 5. The van der Waals surface area contributed by atoms with E-state index in [1.54, 1.807) is 25.3 Å². The second-order valence-corrected chi connectivity index (χ2v) is 7.23. The van der Waals surface area contributed by atoms with Crippen molar-refractivity contribution in [2.45, 2.75) is 31.9 Å². The molecule has 0 bridgehead atoms. The number of aliphatic hydroxyl groups excluding tert-OH is 1. The highest BCUT2D eigenvalue weighted by Crippen LogP contribution is 2.26. The summed E-state index contributed by atoms with van der Waals surface area (Å²) in [4.78, 5) is 16.1. The van der Waals surface area contributed by atoms with Crippen molar-refractivity contribution in [3.8, 4) is 11.5 Å². The van der Waals surface area contributed by atoms with Crippen molar-refractivity contribution in [3.05, 3.63) is 23.8 Å². The summed E-state index contributed by atoms with van der Waals surface area (Å²) < 4.78 is 5.35. The number of amides is 2. The molecule has 1 aromatic rings. The lowest BCUT2D eigenvalue weighted by atomic mass is 9.93. The summed E-state index contributed by atoms with van der Waals surface area (Å²) in [5.74, 6) is 1.02. The number of benzene rings is 1. The molecule has 3 N–H and O–H groups in total. The standard InChI is InChI=1S/C19H29N3O4/c1-26-18-5-4-16(23)10-15(18)12-21-9-6-14(17(24)13-21)11-20-19(25)22-7-2-3-8-22/h4-5,10,14,17,23-24H,2-3,6-9,11-13H2,1H3,(H,20,25)/t14-,17+/m1/s1. The Bertz CT molecular complexity index is 619. The molecule has 2 saturated heterocycles. The number of phenolic OH excluding ortho intramolecular Hbond substituents is 1. The van der Waals surface area contributed by atoms with E-state index in [9.17, 15) is 15.0 Å². The predicted molar refractivity (Wildman–Crippen MR) is 98.3 cm³/mol. The average molecular weight is 363 g/mol. The maximum absolute atomic E-state index is 12.1. The van der Waals surface area contributed by atoms with E-state index in [4.69, 9.17) is 4.74 Å². The number of likely N-dealkylation sites (tertiary alicyclic amines) is 2. The van der Waals surface area contributed by atoms with Gasteiger partial charge >= 0.3 is 6.03 Å². The minimum Gasteiger partial charge on any atom is -0.508 e. The number of hydrogen-bond acceptors (Lipinski definition) is 5. The zero-order valence-corrected chi connectivity index (χ0v) is 15.4. The number of aliphatic hydroxyl groups is 1.